The molecule has 0 spiro atoms. The number of carboxylic acids is 1. The van der Waals surface area contributed by atoms with E-state index in [-0.39, 0.29) is 12.2 Å². The van der Waals surface area contributed by atoms with Gasteiger partial charge in [0, 0.05) is 0 Å². The van der Waals surface area contributed by atoms with Crippen molar-refractivity contribution in [2.75, 3.05) is 0 Å². The Labute approximate surface area is 155 Å². The summed E-state index contributed by atoms with van der Waals surface area (Å²) < 4.78 is 5.29. The summed E-state index contributed by atoms with van der Waals surface area (Å²) in [4.78, 5) is 23.9. The summed E-state index contributed by atoms with van der Waals surface area (Å²) >= 11 is 0. The number of aliphatic hydroxyl groups is 3. The van der Waals surface area contributed by atoms with E-state index in [2.05, 4.69) is 5.32 Å². The number of nitrogens with one attached hydrogen (secondary N) is 1. The number of phenols is 1. The van der Waals surface area contributed by atoms with Gasteiger partial charge in [-0.2, -0.15) is 0 Å². The van der Waals surface area contributed by atoms with Gasteiger partial charge in [-0.1, -0.05) is 12.1 Å². The van der Waals surface area contributed by atoms with Gasteiger partial charge in [-0.25, -0.2) is 4.79 Å². The smallest absolute Gasteiger partial charge is 0.329 e. The summed E-state index contributed by atoms with van der Waals surface area (Å²) in [7, 11) is 0. The zero-order valence-electron chi connectivity index (χ0n) is 14.6. The second-order valence-electron chi connectivity index (χ2n) is 6.58. The number of carbonyl (C=O) groups is 2. The molecular weight excluding hydrogens is 360 g/mol. The molecule has 150 valence electrons. The zero-order chi connectivity index (χ0) is 20.3. The number of amides is 1. The first kappa shape index (κ1) is 21.1. The van der Waals surface area contributed by atoms with Gasteiger partial charge in [-0.3, -0.25) is 4.79 Å². The number of rotatable bonds is 6. The molecule has 2 rings (SSSR count). The molecule has 0 radical (unpaired) electrons. The fourth-order valence-corrected chi connectivity index (χ4v) is 2.88. The number of hydrogen-bond donors (Lipinski definition) is 7. The van der Waals surface area contributed by atoms with Crippen molar-refractivity contribution < 1.29 is 39.9 Å². The maximum Gasteiger partial charge on any atom is 0.329 e. The zero-order valence-corrected chi connectivity index (χ0v) is 14.6. The first-order chi connectivity index (χ1) is 12.6. The SMILES string of the molecule is C[C@H]1O[C@@H]([C@H](NC(=O)[C@@H](N)Cc2ccc(O)cc2)C(=O)O)[C@H](O)[C@@H](O)[C@H]1O. The first-order valence-electron chi connectivity index (χ1n) is 8.38. The molecule has 1 aromatic rings. The summed E-state index contributed by atoms with van der Waals surface area (Å²) in [5.41, 5.74) is 6.47. The van der Waals surface area contributed by atoms with Gasteiger partial charge in [0.15, 0.2) is 6.04 Å². The van der Waals surface area contributed by atoms with Gasteiger partial charge in [0.2, 0.25) is 5.91 Å². The van der Waals surface area contributed by atoms with E-state index in [0.29, 0.717) is 5.56 Å². The Morgan fingerprint density at radius 2 is 1.74 bits per heavy atom. The van der Waals surface area contributed by atoms with Gasteiger partial charge >= 0.3 is 5.97 Å². The Bertz CT molecular complexity index is 667. The molecule has 1 amide bonds. The number of carboxylic acid groups (broad SMARTS) is 1. The lowest BCUT2D eigenvalue weighted by molar-refractivity contribution is -0.225. The van der Waals surface area contributed by atoms with E-state index < -0.39 is 54.5 Å². The van der Waals surface area contributed by atoms with Crippen LogP contribution >= 0.6 is 0 Å². The molecule has 0 aliphatic carbocycles. The van der Waals surface area contributed by atoms with Crippen molar-refractivity contribution in [1.29, 1.82) is 0 Å². The van der Waals surface area contributed by atoms with E-state index in [1.54, 1.807) is 12.1 Å². The molecule has 10 nitrogen and oxygen atoms in total. The second kappa shape index (κ2) is 8.63. The van der Waals surface area contributed by atoms with E-state index in [1.807, 2.05) is 0 Å². The highest BCUT2D eigenvalue weighted by molar-refractivity contribution is 5.87. The Hall–Kier alpha value is -2.24. The summed E-state index contributed by atoms with van der Waals surface area (Å²) in [5, 5.41) is 50.5. The number of benzene rings is 1. The molecule has 0 aromatic heterocycles. The Balaban J connectivity index is 2.07. The molecule has 10 heteroatoms. The number of carbonyl (C=O) groups excluding carboxylic acids is 1. The Kier molecular flexibility index (Phi) is 6.73. The second-order valence-corrected chi connectivity index (χ2v) is 6.58. The van der Waals surface area contributed by atoms with Gasteiger partial charge in [-0.15, -0.1) is 0 Å². The van der Waals surface area contributed by atoms with Crippen molar-refractivity contribution in [3.8, 4) is 5.75 Å². The third-order valence-electron chi connectivity index (χ3n) is 4.51. The van der Waals surface area contributed by atoms with Crippen molar-refractivity contribution in [1.82, 2.24) is 5.32 Å². The van der Waals surface area contributed by atoms with Crippen molar-refractivity contribution in [2.45, 2.75) is 55.9 Å². The molecule has 27 heavy (non-hydrogen) atoms. The van der Waals surface area contributed by atoms with Crippen LogP contribution in [-0.4, -0.2) is 80.0 Å². The summed E-state index contributed by atoms with van der Waals surface area (Å²) in [6, 6.07) is 3.24. The number of aromatic hydroxyl groups is 1. The molecule has 0 saturated carbocycles. The summed E-state index contributed by atoms with van der Waals surface area (Å²) in [6.07, 6.45) is -7.06. The number of ether oxygens (including phenoxy) is 1. The number of nitrogens with two attached hydrogens (primary N) is 1. The third kappa shape index (κ3) is 4.93. The molecule has 1 aromatic carbocycles. The van der Waals surface area contributed by atoms with Crippen LogP contribution in [0, 0.1) is 0 Å². The van der Waals surface area contributed by atoms with Crippen LogP contribution in [0.15, 0.2) is 24.3 Å². The molecule has 0 unspecified atom stereocenters. The van der Waals surface area contributed by atoms with E-state index >= 15 is 0 Å². The van der Waals surface area contributed by atoms with Crippen LogP contribution in [0.25, 0.3) is 0 Å². The van der Waals surface area contributed by atoms with Crippen molar-refractivity contribution >= 4 is 11.9 Å². The standard InChI is InChI=1S/C17H24N2O8/c1-7-12(21)13(22)14(23)15(27-7)11(17(25)26)19-16(24)10(18)6-8-2-4-9(20)5-3-8/h2-5,7,10-15,20-23H,6,18H2,1H3,(H,19,24)(H,25,26)/t7-,10+,11+,12+,13+,14-,15+/m1/s1. The lowest BCUT2D eigenvalue weighted by Crippen LogP contribution is -2.65. The fourth-order valence-electron chi connectivity index (χ4n) is 2.88. The van der Waals surface area contributed by atoms with E-state index in [4.69, 9.17) is 10.5 Å². The van der Waals surface area contributed by atoms with Crippen LogP contribution in [0.3, 0.4) is 0 Å². The third-order valence-corrected chi connectivity index (χ3v) is 4.51. The van der Waals surface area contributed by atoms with E-state index in [9.17, 15) is 35.1 Å². The highest BCUT2D eigenvalue weighted by atomic mass is 16.5. The molecule has 1 saturated heterocycles. The van der Waals surface area contributed by atoms with Gasteiger partial charge in [0.25, 0.3) is 0 Å². The number of aliphatic hydroxyl groups excluding tert-OH is 3. The molecule has 8 N–H and O–H groups in total. The van der Waals surface area contributed by atoms with Gasteiger partial charge in [0.05, 0.1) is 12.1 Å². The molecular formula is C17H24N2O8. The molecule has 0 bridgehead atoms. The largest absolute Gasteiger partial charge is 0.508 e. The average Bonchev–Trinajstić information content (AvgIpc) is 2.62. The van der Waals surface area contributed by atoms with Crippen LogP contribution in [0.2, 0.25) is 0 Å². The number of hydrogen-bond acceptors (Lipinski definition) is 8. The summed E-state index contributed by atoms with van der Waals surface area (Å²) in [5.74, 6) is -2.22. The van der Waals surface area contributed by atoms with E-state index in [1.165, 1.54) is 19.1 Å². The topological polar surface area (TPSA) is 183 Å². The van der Waals surface area contributed by atoms with Crippen LogP contribution in [0.5, 0.6) is 5.75 Å². The molecule has 1 aliphatic rings. The van der Waals surface area contributed by atoms with Crippen LogP contribution < -0.4 is 11.1 Å². The monoisotopic (exact) mass is 384 g/mol. The van der Waals surface area contributed by atoms with Gasteiger partial charge < -0.3 is 41.3 Å². The Morgan fingerprint density at radius 1 is 1.15 bits per heavy atom. The Morgan fingerprint density at radius 3 is 2.30 bits per heavy atom. The summed E-state index contributed by atoms with van der Waals surface area (Å²) in [6.45, 7) is 1.41. The van der Waals surface area contributed by atoms with Crippen LogP contribution in [0.4, 0.5) is 0 Å². The quantitative estimate of drug-likeness (QED) is 0.283. The van der Waals surface area contributed by atoms with Crippen molar-refractivity contribution in [3.63, 3.8) is 0 Å². The predicted molar refractivity (Wildman–Crippen MR) is 91.7 cm³/mol. The van der Waals surface area contributed by atoms with Gasteiger partial charge in [0.1, 0.15) is 30.2 Å². The van der Waals surface area contributed by atoms with Crippen LogP contribution in [-0.2, 0) is 20.7 Å². The number of phenolic OH excluding ortho intramolecular Hbond substituents is 1. The first-order valence-corrected chi connectivity index (χ1v) is 8.38. The average molecular weight is 384 g/mol. The van der Waals surface area contributed by atoms with Crippen molar-refractivity contribution in [2.24, 2.45) is 5.73 Å². The lowest BCUT2D eigenvalue weighted by atomic mass is 9.91. The molecule has 1 aliphatic heterocycles. The molecule has 1 heterocycles. The normalized spacial score (nSPS) is 30.3. The maximum absolute atomic E-state index is 12.3. The maximum atomic E-state index is 12.3. The number of aliphatic carboxylic acids is 1. The predicted octanol–water partition coefficient (Wildman–Crippen LogP) is -2.30. The minimum Gasteiger partial charge on any atom is -0.508 e. The molecule has 1 fully saturated rings. The fraction of sp³-hybridized carbons (Fsp3) is 0.529. The van der Waals surface area contributed by atoms with Crippen molar-refractivity contribution in [3.05, 3.63) is 29.8 Å². The van der Waals surface area contributed by atoms with Gasteiger partial charge in [-0.05, 0) is 31.0 Å². The minimum atomic E-state index is -1.72. The highest BCUT2D eigenvalue weighted by Gasteiger charge is 2.47. The van der Waals surface area contributed by atoms with Crippen LogP contribution in [0.1, 0.15) is 12.5 Å². The molecule has 7 atom stereocenters. The van der Waals surface area contributed by atoms with E-state index in [0.717, 1.165) is 0 Å². The lowest BCUT2D eigenvalue weighted by Gasteiger charge is -2.41. The highest BCUT2D eigenvalue weighted by Crippen LogP contribution is 2.23. The minimum absolute atomic E-state index is 0.0565.